The summed E-state index contributed by atoms with van der Waals surface area (Å²) in [6, 6.07) is 16.7. The van der Waals surface area contributed by atoms with Gasteiger partial charge in [-0.1, -0.05) is 36.0 Å². The van der Waals surface area contributed by atoms with Crippen LogP contribution in [0.4, 0.5) is 0 Å². The first-order chi connectivity index (χ1) is 15.0. The minimum atomic E-state index is -0.372. The minimum Gasteiger partial charge on any atom is -0.426 e. The van der Waals surface area contributed by atoms with Crippen LogP contribution in [0.15, 0.2) is 53.7 Å². The summed E-state index contributed by atoms with van der Waals surface area (Å²) in [5, 5.41) is 14.0. The number of ether oxygens (including phenoxy) is 1. The fourth-order valence-electron chi connectivity index (χ4n) is 3.30. The summed E-state index contributed by atoms with van der Waals surface area (Å²) in [5.74, 6) is 0.621. The quantitative estimate of drug-likeness (QED) is 0.267. The average Bonchev–Trinajstić information content (AvgIpc) is 3.20. The van der Waals surface area contributed by atoms with Gasteiger partial charge in [0.25, 0.3) is 5.78 Å². The third-order valence-corrected chi connectivity index (χ3v) is 5.50. The van der Waals surface area contributed by atoms with Gasteiger partial charge in [-0.25, -0.2) is 9.50 Å². The van der Waals surface area contributed by atoms with Gasteiger partial charge in [0.15, 0.2) is 0 Å². The van der Waals surface area contributed by atoms with Crippen LogP contribution >= 0.6 is 11.8 Å². The van der Waals surface area contributed by atoms with E-state index in [0.29, 0.717) is 22.2 Å². The van der Waals surface area contributed by atoms with Gasteiger partial charge < -0.3 is 4.74 Å². The molecule has 0 saturated heterocycles. The maximum Gasteiger partial charge on any atom is 0.315 e. The molecule has 0 radical (unpaired) electrons. The third kappa shape index (κ3) is 4.27. The Bertz CT molecular complexity index is 1310. The van der Waals surface area contributed by atoms with Crippen LogP contribution in [0.25, 0.3) is 16.9 Å². The molecule has 0 aliphatic rings. The third-order valence-electron chi connectivity index (χ3n) is 4.97. The number of aromatic nitrogens is 4. The summed E-state index contributed by atoms with van der Waals surface area (Å²) < 4.78 is 7.20. The first-order valence-electron chi connectivity index (χ1n) is 9.56. The number of nitrogens with zero attached hydrogens (tertiary/aromatic N) is 5. The van der Waals surface area contributed by atoms with Gasteiger partial charge in [-0.3, -0.25) is 4.79 Å². The van der Waals surface area contributed by atoms with Gasteiger partial charge in [-0.05, 0) is 55.5 Å². The molecule has 2 heterocycles. The Morgan fingerprint density at radius 3 is 2.32 bits per heavy atom. The lowest BCUT2D eigenvalue weighted by atomic mass is 10.0. The first kappa shape index (κ1) is 20.6. The number of fused-ring (bicyclic) bond motifs is 1. The lowest BCUT2D eigenvalue weighted by molar-refractivity contribution is -0.133. The minimum absolute atomic E-state index is 0.0897. The van der Waals surface area contributed by atoms with Crippen molar-refractivity contribution in [2.45, 2.75) is 25.4 Å². The van der Waals surface area contributed by atoms with Crippen LogP contribution in [0.2, 0.25) is 0 Å². The fraction of sp³-hybridized carbons (Fsp3) is 0.174. The van der Waals surface area contributed by atoms with E-state index in [1.165, 1.54) is 11.8 Å². The molecule has 4 aromatic rings. The molecule has 7 nitrogen and oxygen atoms in total. The molecule has 0 bridgehead atoms. The second-order valence-electron chi connectivity index (χ2n) is 6.94. The van der Waals surface area contributed by atoms with Gasteiger partial charge >= 0.3 is 5.97 Å². The summed E-state index contributed by atoms with van der Waals surface area (Å²) in [7, 11) is 0. The molecular weight excluding hydrogens is 410 g/mol. The van der Waals surface area contributed by atoms with Gasteiger partial charge in [0.1, 0.15) is 5.75 Å². The molecule has 2 aromatic carbocycles. The summed E-state index contributed by atoms with van der Waals surface area (Å²) in [6.45, 7) is 3.75. The molecule has 0 spiro atoms. The number of thioether (sulfide) groups is 1. The van der Waals surface area contributed by atoms with Crippen LogP contribution < -0.4 is 4.74 Å². The van der Waals surface area contributed by atoms with Crippen molar-refractivity contribution in [3.05, 3.63) is 71.0 Å². The molecule has 2 aromatic heterocycles. The normalized spacial score (nSPS) is 10.8. The van der Waals surface area contributed by atoms with E-state index in [4.69, 9.17) is 10.00 Å². The van der Waals surface area contributed by atoms with Crippen molar-refractivity contribution < 1.29 is 9.53 Å². The number of hydrogen-bond acceptors (Lipinski definition) is 7. The maximum absolute atomic E-state index is 12.6. The summed E-state index contributed by atoms with van der Waals surface area (Å²) in [5.41, 5.74) is 4.91. The summed E-state index contributed by atoms with van der Waals surface area (Å²) in [6.07, 6.45) is 1.99. The van der Waals surface area contributed by atoms with Crippen molar-refractivity contribution >= 4 is 23.5 Å². The molecule has 0 aliphatic carbocycles. The molecule has 4 rings (SSSR count). The molecule has 0 aliphatic heterocycles. The summed E-state index contributed by atoms with van der Waals surface area (Å²) >= 11 is 1.44. The highest BCUT2D eigenvalue weighted by Gasteiger charge is 2.17. The van der Waals surface area contributed by atoms with Crippen molar-refractivity contribution in [3.8, 4) is 22.9 Å². The number of aryl methyl sites for hydroxylation is 2. The largest absolute Gasteiger partial charge is 0.426 e. The zero-order valence-corrected chi connectivity index (χ0v) is 18.1. The second-order valence-corrected chi connectivity index (χ2v) is 7.71. The fourth-order valence-corrected chi connectivity index (χ4v) is 3.63. The van der Waals surface area contributed by atoms with Gasteiger partial charge in [-0.15, -0.1) is 5.10 Å². The Hall–Kier alpha value is -3.70. The van der Waals surface area contributed by atoms with Gasteiger partial charge in [0.2, 0.25) is 5.16 Å². The Morgan fingerprint density at radius 1 is 1.06 bits per heavy atom. The summed E-state index contributed by atoms with van der Waals surface area (Å²) in [4.78, 5) is 21.4. The van der Waals surface area contributed by atoms with E-state index in [-0.39, 0.29) is 12.4 Å². The second kappa shape index (κ2) is 8.58. The number of nitriles is 1. The van der Waals surface area contributed by atoms with E-state index in [1.807, 2.05) is 44.4 Å². The van der Waals surface area contributed by atoms with Crippen LogP contribution in [0, 0.1) is 25.2 Å². The molecule has 0 atom stereocenters. The van der Waals surface area contributed by atoms with Crippen molar-refractivity contribution in [2.24, 2.45) is 0 Å². The number of rotatable bonds is 5. The zero-order valence-electron chi connectivity index (χ0n) is 17.3. The molecule has 154 valence electrons. The number of carbonyl (C=O) groups is 1. The Balaban J connectivity index is 1.49. The zero-order chi connectivity index (χ0) is 22.0. The molecule has 0 N–H and O–H groups in total. The van der Waals surface area contributed by atoms with E-state index in [0.717, 1.165) is 28.1 Å². The Morgan fingerprint density at radius 2 is 1.71 bits per heavy atom. The Labute approximate surface area is 183 Å². The number of carbonyl (C=O) groups excluding carboxylic acids is 1. The van der Waals surface area contributed by atoms with Crippen molar-refractivity contribution in [1.82, 2.24) is 19.6 Å². The van der Waals surface area contributed by atoms with Crippen LogP contribution in [0.1, 0.15) is 22.5 Å². The molecule has 0 unspecified atom stereocenters. The highest BCUT2D eigenvalue weighted by atomic mass is 32.2. The molecular formula is C23H19N5O2S. The van der Waals surface area contributed by atoms with E-state index < -0.39 is 0 Å². The molecule has 0 amide bonds. The van der Waals surface area contributed by atoms with Gasteiger partial charge in [0, 0.05) is 17.0 Å². The highest BCUT2D eigenvalue weighted by Crippen LogP contribution is 2.23. The van der Waals surface area contributed by atoms with Crippen LogP contribution in [0.3, 0.4) is 0 Å². The standard InChI is InChI=1S/C23H19N5O2S/c1-14-20(15(2)28-22(25-14)26-23(27-28)31-3)12-21(29)30-19-10-8-18(9-11-19)17-6-4-16(13-24)5-7-17/h4-11H,12H2,1-3H3. The smallest absolute Gasteiger partial charge is 0.315 e. The molecule has 0 fully saturated rings. The van der Waals surface area contributed by atoms with Crippen LogP contribution in [0.5, 0.6) is 5.75 Å². The average molecular weight is 430 g/mol. The predicted molar refractivity (Wildman–Crippen MR) is 118 cm³/mol. The SMILES string of the molecule is CSc1nc2nc(C)c(CC(=O)Oc3ccc(-c4ccc(C#N)cc4)cc3)c(C)n2n1. The van der Waals surface area contributed by atoms with E-state index >= 15 is 0 Å². The van der Waals surface area contributed by atoms with Crippen molar-refractivity contribution in [1.29, 1.82) is 5.26 Å². The van der Waals surface area contributed by atoms with E-state index in [1.54, 1.807) is 28.8 Å². The van der Waals surface area contributed by atoms with E-state index in [9.17, 15) is 4.79 Å². The molecule has 8 heteroatoms. The lowest BCUT2D eigenvalue weighted by Crippen LogP contribution is -2.15. The molecule has 0 saturated carbocycles. The van der Waals surface area contributed by atoms with Crippen molar-refractivity contribution in [2.75, 3.05) is 6.26 Å². The maximum atomic E-state index is 12.6. The van der Waals surface area contributed by atoms with Gasteiger partial charge in [-0.2, -0.15) is 10.2 Å². The first-order valence-corrected chi connectivity index (χ1v) is 10.8. The molecule has 31 heavy (non-hydrogen) atoms. The Kier molecular flexibility index (Phi) is 5.69. The van der Waals surface area contributed by atoms with E-state index in [2.05, 4.69) is 21.1 Å². The van der Waals surface area contributed by atoms with Crippen LogP contribution in [-0.4, -0.2) is 31.8 Å². The highest BCUT2D eigenvalue weighted by molar-refractivity contribution is 7.98. The topological polar surface area (TPSA) is 93.2 Å². The van der Waals surface area contributed by atoms with Crippen LogP contribution in [-0.2, 0) is 11.2 Å². The number of esters is 1. The van der Waals surface area contributed by atoms with Gasteiger partial charge in [0.05, 0.1) is 18.1 Å². The number of benzene rings is 2. The lowest BCUT2D eigenvalue weighted by Gasteiger charge is -2.10. The predicted octanol–water partition coefficient (Wildman–Crippen LogP) is 4.15. The van der Waals surface area contributed by atoms with Crippen molar-refractivity contribution in [3.63, 3.8) is 0 Å². The monoisotopic (exact) mass is 429 g/mol. The number of hydrogen-bond donors (Lipinski definition) is 0.